The number of likely N-dealkylation sites (tertiary alicyclic amines) is 1. The number of piperidine rings is 1. The lowest BCUT2D eigenvalue weighted by molar-refractivity contribution is 0.00625. The van der Waals surface area contributed by atoms with E-state index in [1.54, 1.807) is 0 Å². The van der Waals surface area contributed by atoms with E-state index in [1.165, 1.54) is 19.3 Å². The van der Waals surface area contributed by atoms with Crippen LogP contribution >= 0.6 is 0 Å². The molecule has 2 fully saturated rings. The molecule has 0 bridgehead atoms. The second-order valence-electron chi connectivity index (χ2n) is 5.89. The van der Waals surface area contributed by atoms with E-state index in [9.17, 15) is 10.2 Å². The molecule has 1 aliphatic carbocycles. The maximum atomic E-state index is 10.2. The minimum Gasteiger partial charge on any atom is -0.393 e. The Morgan fingerprint density at radius 3 is 2.29 bits per heavy atom. The Morgan fingerprint density at radius 1 is 1.00 bits per heavy atom. The van der Waals surface area contributed by atoms with Crippen molar-refractivity contribution in [1.82, 2.24) is 4.90 Å². The highest BCUT2D eigenvalue weighted by atomic mass is 16.3. The van der Waals surface area contributed by atoms with E-state index in [0.717, 1.165) is 38.8 Å². The van der Waals surface area contributed by atoms with Crippen molar-refractivity contribution in [2.24, 2.45) is 5.92 Å². The van der Waals surface area contributed by atoms with Crippen LogP contribution < -0.4 is 0 Å². The van der Waals surface area contributed by atoms with Crippen molar-refractivity contribution in [2.75, 3.05) is 13.1 Å². The Morgan fingerprint density at radius 2 is 1.65 bits per heavy atom. The van der Waals surface area contributed by atoms with Gasteiger partial charge < -0.3 is 10.2 Å². The summed E-state index contributed by atoms with van der Waals surface area (Å²) in [5, 5.41) is 19.8. The molecule has 3 nitrogen and oxygen atoms in total. The molecule has 100 valence electrons. The van der Waals surface area contributed by atoms with Gasteiger partial charge in [-0.15, -0.1) is 0 Å². The topological polar surface area (TPSA) is 43.7 Å². The van der Waals surface area contributed by atoms with E-state index < -0.39 is 0 Å². The van der Waals surface area contributed by atoms with E-state index in [2.05, 4.69) is 4.90 Å². The maximum absolute atomic E-state index is 10.2. The fourth-order valence-electron chi connectivity index (χ4n) is 3.43. The van der Waals surface area contributed by atoms with Gasteiger partial charge in [0.1, 0.15) is 0 Å². The summed E-state index contributed by atoms with van der Waals surface area (Å²) >= 11 is 0. The van der Waals surface area contributed by atoms with E-state index >= 15 is 0 Å². The number of aliphatic hydroxyl groups is 2. The first-order chi connectivity index (χ1) is 8.18. The number of rotatable bonds is 2. The van der Waals surface area contributed by atoms with Crippen LogP contribution in [0.5, 0.6) is 0 Å². The van der Waals surface area contributed by atoms with Gasteiger partial charge in [0.05, 0.1) is 12.2 Å². The molecule has 17 heavy (non-hydrogen) atoms. The Labute approximate surface area is 105 Å². The molecule has 2 rings (SSSR count). The number of hydrogen-bond donors (Lipinski definition) is 2. The van der Waals surface area contributed by atoms with Crippen LogP contribution in [0.2, 0.25) is 0 Å². The molecule has 2 N–H and O–H groups in total. The molecule has 1 aliphatic heterocycles. The Bertz CT molecular complexity index is 224. The van der Waals surface area contributed by atoms with Gasteiger partial charge in [0, 0.05) is 6.04 Å². The van der Waals surface area contributed by atoms with Crippen LogP contribution in [0.4, 0.5) is 0 Å². The molecule has 3 unspecified atom stereocenters. The summed E-state index contributed by atoms with van der Waals surface area (Å²) < 4.78 is 0. The Kier molecular flexibility index (Phi) is 4.83. The second-order valence-corrected chi connectivity index (χ2v) is 5.89. The van der Waals surface area contributed by atoms with Gasteiger partial charge in [-0.1, -0.05) is 19.3 Å². The largest absolute Gasteiger partial charge is 0.393 e. The van der Waals surface area contributed by atoms with Crippen LogP contribution in [-0.2, 0) is 0 Å². The average molecular weight is 241 g/mol. The van der Waals surface area contributed by atoms with Crippen LogP contribution in [-0.4, -0.2) is 46.5 Å². The van der Waals surface area contributed by atoms with E-state index in [-0.39, 0.29) is 12.2 Å². The van der Waals surface area contributed by atoms with Gasteiger partial charge in [-0.25, -0.2) is 0 Å². The lowest BCUT2D eigenvalue weighted by Gasteiger charge is -2.39. The number of nitrogens with zero attached hydrogens (tertiary/aromatic N) is 1. The minimum atomic E-state index is -0.170. The Hall–Kier alpha value is -0.120. The highest BCUT2D eigenvalue weighted by molar-refractivity contribution is 4.85. The summed E-state index contributed by atoms with van der Waals surface area (Å²) in [6.07, 6.45) is 7.72. The Balaban J connectivity index is 1.86. The molecule has 3 heteroatoms. The summed E-state index contributed by atoms with van der Waals surface area (Å²) in [5.41, 5.74) is 0. The van der Waals surface area contributed by atoms with Crippen molar-refractivity contribution in [1.29, 1.82) is 0 Å². The molecular weight excluding hydrogens is 214 g/mol. The van der Waals surface area contributed by atoms with Gasteiger partial charge in [0.15, 0.2) is 0 Å². The number of aliphatic hydroxyl groups excluding tert-OH is 2. The minimum absolute atomic E-state index is 0.124. The molecule has 2 aliphatic rings. The molecule has 0 amide bonds. The van der Waals surface area contributed by atoms with Crippen LogP contribution in [0.15, 0.2) is 0 Å². The highest BCUT2D eigenvalue weighted by Gasteiger charge is 2.31. The first-order valence-electron chi connectivity index (χ1n) is 7.28. The quantitative estimate of drug-likeness (QED) is 0.724. The first kappa shape index (κ1) is 13.3. The molecule has 0 radical (unpaired) electrons. The summed E-state index contributed by atoms with van der Waals surface area (Å²) in [6, 6.07) is 0.382. The van der Waals surface area contributed by atoms with Crippen molar-refractivity contribution in [3.8, 4) is 0 Å². The lowest BCUT2D eigenvalue weighted by atomic mass is 9.90. The summed E-state index contributed by atoms with van der Waals surface area (Å²) in [5.74, 6) is 0.467. The first-order valence-corrected chi connectivity index (χ1v) is 7.28. The van der Waals surface area contributed by atoms with E-state index in [1.807, 2.05) is 6.92 Å². The zero-order valence-electron chi connectivity index (χ0n) is 11.0. The second kappa shape index (κ2) is 6.17. The molecule has 0 aromatic carbocycles. The third kappa shape index (κ3) is 3.43. The normalized spacial score (nSPS) is 35.5. The third-order valence-electron chi connectivity index (χ3n) is 4.67. The molecule has 0 aromatic rings. The van der Waals surface area contributed by atoms with Gasteiger partial charge in [-0.05, 0) is 51.6 Å². The predicted octanol–water partition coefficient (Wildman–Crippen LogP) is 1.77. The van der Waals surface area contributed by atoms with Gasteiger partial charge in [0.2, 0.25) is 0 Å². The van der Waals surface area contributed by atoms with Crippen molar-refractivity contribution in [3.05, 3.63) is 0 Å². The lowest BCUT2D eigenvalue weighted by Crippen LogP contribution is -2.48. The van der Waals surface area contributed by atoms with E-state index in [4.69, 9.17) is 0 Å². The molecule has 3 atom stereocenters. The highest BCUT2D eigenvalue weighted by Crippen LogP contribution is 2.27. The summed E-state index contributed by atoms with van der Waals surface area (Å²) in [7, 11) is 0. The van der Waals surface area contributed by atoms with Gasteiger partial charge in [-0.3, -0.25) is 4.90 Å². The standard InChI is InChI=1S/C14H27NO2/c1-11(16)12-7-9-15(10-8-12)13-5-3-2-4-6-14(13)17/h11-14,16-17H,2-10H2,1H3. The van der Waals surface area contributed by atoms with Crippen molar-refractivity contribution < 1.29 is 10.2 Å². The fourth-order valence-corrected chi connectivity index (χ4v) is 3.43. The zero-order chi connectivity index (χ0) is 12.3. The summed E-state index contributed by atoms with van der Waals surface area (Å²) in [4.78, 5) is 2.47. The molecule has 1 saturated heterocycles. The number of hydrogen-bond acceptors (Lipinski definition) is 3. The average Bonchev–Trinajstić information content (AvgIpc) is 2.54. The van der Waals surface area contributed by atoms with Crippen molar-refractivity contribution in [2.45, 2.75) is 70.1 Å². The smallest absolute Gasteiger partial charge is 0.0695 e. The fraction of sp³-hybridized carbons (Fsp3) is 1.00. The zero-order valence-corrected chi connectivity index (χ0v) is 11.0. The molecule has 0 spiro atoms. The SMILES string of the molecule is CC(O)C1CCN(C2CCCCCC2O)CC1. The van der Waals surface area contributed by atoms with Crippen molar-refractivity contribution >= 4 is 0 Å². The molecule has 1 saturated carbocycles. The molecule has 0 aromatic heterocycles. The summed E-state index contributed by atoms with van der Waals surface area (Å²) in [6.45, 7) is 4.01. The van der Waals surface area contributed by atoms with Crippen LogP contribution in [0.3, 0.4) is 0 Å². The third-order valence-corrected chi connectivity index (χ3v) is 4.67. The van der Waals surface area contributed by atoms with Gasteiger partial charge in [-0.2, -0.15) is 0 Å². The monoisotopic (exact) mass is 241 g/mol. The van der Waals surface area contributed by atoms with Crippen LogP contribution in [0.1, 0.15) is 51.9 Å². The van der Waals surface area contributed by atoms with E-state index in [0.29, 0.717) is 12.0 Å². The van der Waals surface area contributed by atoms with Crippen LogP contribution in [0, 0.1) is 5.92 Å². The van der Waals surface area contributed by atoms with Crippen molar-refractivity contribution in [3.63, 3.8) is 0 Å². The van der Waals surface area contributed by atoms with Gasteiger partial charge >= 0.3 is 0 Å². The van der Waals surface area contributed by atoms with Gasteiger partial charge in [0.25, 0.3) is 0 Å². The van der Waals surface area contributed by atoms with Crippen LogP contribution in [0.25, 0.3) is 0 Å². The molecule has 1 heterocycles. The molecular formula is C14H27NO2. The predicted molar refractivity (Wildman–Crippen MR) is 68.9 cm³/mol. The maximum Gasteiger partial charge on any atom is 0.0695 e.